The Bertz CT molecular complexity index is 1440. The fourth-order valence-electron chi connectivity index (χ4n) is 3.66. The van der Waals surface area contributed by atoms with E-state index >= 15 is 0 Å². The van der Waals surface area contributed by atoms with Gasteiger partial charge in [-0.3, -0.25) is 10.1 Å². The molecule has 0 aliphatic rings. The van der Waals surface area contributed by atoms with Gasteiger partial charge in [0.25, 0.3) is 5.91 Å². The van der Waals surface area contributed by atoms with Crippen LogP contribution in [0.5, 0.6) is 11.5 Å². The largest absolute Gasteiger partial charge is 0.455 e. The lowest BCUT2D eigenvalue weighted by molar-refractivity contribution is 0.0963. The van der Waals surface area contributed by atoms with Crippen LogP contribution in [0, 0.1) is 19.7 Å². The maximum atomic E-state index is 14.0. The number of benzene rings is 4. The highest BCUT2D eigenvalue weighted by Gasteiger charge is 2.20. The van der Waals surface area contributed by atoms with E-state index in [9.17, 15) is 14.0 Å². The number of halogens is 3. The summed E-state index contributed by atoms with van der Waals surface area (Å²) in [7, 11) is 0. The van der Waals surface area contributed by atoms with Crippen molar-refractivity contribution in [2.75, 3.05) is 5.32 Å². The zero-order chi connectivity index (χ0) is 25.8. The van der Waals surface area contributed by atoms with Gasteiger partial charge in [0, 0.05) is 11.3 Å². The molecule has 0 aliphatic heterocycles. The van der Waals surface area contributed by atoms with Gasteiger partial charge in [-0.1, -0.05) is 77.8 Å². The molecule has 4 aromatic rings. The second kappa shape index (κ2) is 10.8. The summed E-state index contributed by atoms with van der Waals surface area (Å²) in [6.45, 7) is 3.50. The van der Waals surface area contributed by atoms with E-state index in [1.807, 2.05) is 54.6 Å². The molecule has 0 bridgehead atoms. The number of amides is 3. The van der Waals surface area contributed by atoms with Gasteiger partial charge in [0.2, 0.25) is 0 Å². The fourth-order valence-corrected chi connectivity index (χ4v) is 4.20. The Kier molecular flexibility index (Phi) is 7.58. The number of imide groups is 1. The number of rotatable bonds is 5. The van der Waals surface area contributed by atoms with Crippen LogP contribution in [-0.2, 0) is 0 Å². The number of carbonyl (C=O) groups excluding carboxylic acids is 2. The first-order valence-corrected chi connectivity index (χ1v) is 11.7. The van der Waals surface area contributed by atoms with Gasteiger partial charge in [-0.25, -0.2) is 9.18 Å². The quantitative estimate of drug-likeness (QED) is 0.277. The van der Waals surface area contributed by atoms with Crippen LogP contribution in [-0.4, -0.2) is 11.9 Å². The number of ether oxygens (including phenoxy) is 1. The molecule has 0 aromatic heterocycles. The van der Waals surface area contributed by atoms with Crippen molar-refractivity contribution >= 4 is 40.8 Å². The van der Waals surface area contributed by atoms with Crippen LogP contribution in [0.3, 0.4) is 0 Å². The highest BCUT2D eigenvalue weighted by molar-refractivity contribution is 6.34. The van der Waals surface area contributed by atoms with Crippen molar-refractivity contribution < 1.29 is 18.7 Å². The van der Waals surface area contributed by atoms with E-state index in [2.05, 4.69) is 10.6 Å². The number of nitrogens with one attached hydrogen (secondary N) is 2. The molecule has 0 heterocycles. The molecular weight excluding hydrogens is 502 g/mol. The molecule has 4 rings (SSSR count). The molecule has 5 nitrogen and oxygen atoms in total. The molecule has 3 amide bonds. The van der Waals surface area contributed by atoms with E-state index in [1.165, 1.54) is 12.1 Å². The summed E-state index contributed by atoms with van der Waals surface area (Å²) in [6, 6.07) is 22.1. The minimum absolute atomic E-state index is 0.104. The van der Waals surface area contributed by atoms with Crippen molar-refractivity contribution in [2.45, 2.75) is 13.8 Å². The van der Waals surface area contributed by atoms with Crippen LogP contribution < -0.4 is 15.4 Å². The average Bonchev–Trinajstić information content (AvgIpc) is 2.85. The molecule has 0 spiro atoms. The predicted molar refractivity (Wildman–Crippen MR) is 141 cm³/mol. The SMILES string of the molecule is Cc1cc(NC(=O)NC(=O)c2c(F)cccc2Cl)c(C)c(Cl)c1Oc1ccccc1-c1ccccc1. The number of anilines is 1. The van der Waals surface area contributed by atoms with Crippen molar-refractivity contribution in [3.63, 3.8) is 0 Å². The molecule has 182 valence electrons. The number of hydrogen-bond donors (Lipinski definition) is 2. The minimum atomic E-state index is -0.964. The first-order chi connectivity index (χ1) is 17.3. The Morgan fingerprint density at radius 2 is 1.58 bits per heavy atom. The summed E-state index contributed by atoms with van der Waals surface area (Å²) in [5.74, 6) is -0.731. The van der Waals surface area contributed by atoms with Gasteiger partial charge in [-0.05, 0) is 54.8 Å². The van der Waals surface area contributed by atoms with Crippen molar-refractivity contribution in [3.05, 3.63) is 111 Å². The van der Waals surface area contributed by atoms with Crippen molar-refractivity contribution in [1.82, 2.24) is 5.32 Å². The standard InChI is InChI=1S/C28H21Cl2FN2O3/c1-16-15-22(32-28(35)33-27(34)24-20(29)12-8-13-21(24)31)17(2)25(30)26(16)36-23-14-7-6-11-19(23)18-9-4-3-5-10-18/h3-15H,1-2H3,(H2,32,33,34,35). The van der Waals surface area contributed by atoms with E-state index in [-0.39, 0.29) is 5.02 Å². The van der Waals surface area contributed by atoms with Crippen LogP contribution in [0.15, 0.2) is 78.9 Å². The lowest BCUT2D eigenvalue weighted by Gasteiger charge is -2.18. The number of carbonyl (C=O) groups is 2. The topological polar surface area (TPSA) is 67.4 Å². The Balaban J connectivity index is 1.56. The molecule has 0 saturated carbocycles. The van der Waals surface area contributed by atoms with E-state index < -0.39 is 23.3 Å². The van der Waals surface area contributed by atoms with Crippen LogP contribution in [0.4, 0.5) is 14.9 Å². The summed E-state index contributed by atoms with van der Waals surface area (Å²) in [6.07, 6.45) is 0. The van der Waals surface area contributed by atoms with Crippen molar-refractivity contribution in [3.8, 4) is 22.6 Å². The molecule has 0 radical (unpaired) electrons. The molecule has 0 atom stereocenters. The number of urea groups is 1. The zero-order valence-electron chi connectivity index (χ0n) is 19.4. The maximum Gasteiger partial charge on any atom is 0.326 e. The number of aryl methyl sites for hydroxylation is 1. The highest BCUT2D eigenvalue weighted by Crippen LogP contribution is 2.41. The third kappa shape index (κ3) is 5.35. The van der Waals surface area contributed by atoms with Crippen LogP contribution in [0.2, 0.25) is 10.0 Å². The number of hydrogen-bond acceptors (Lipinski definition) is 3. The van der Waals surface area contributed by atoms with Gasteiger partial charge in [0.05, 0.1) is 15.6 Å². The molecule has 0 aliphatic carbocycles. The summed E-state index contributed by atoms with van der Waals surface area (Å²) in [4.78, 5) is 24.9. The van der Waals surface area contributed by atoms with E-state index in [1.54, 1.807) is 19.9 Å². The monoisotopic (exact) mass is 522 g/mol. The number of para-hydroxylation sites is 1. The van der Waals surface area contributed by atoms with Gasteiger partial charge < -0.3 is 10.1 Å². The molecule has 36 heavy (non-hydrogen) atoms. The first-order valence-electron chi connectivity index (χ1n) is 10.9. The summed E-state index contributed by atoms with van der Waals surface area (Å²) < 4.78 is 20.2. The van der Waals surface area contributed by atoms with Crippen molar-refractivity contribution in [2.24, 2.45) is 0 Å². The minimum Gasteiger partial charge on any atom is -0.455 e. The lowest BCUT2D eigenvalue weighted by Crippen LogP contribution is -2.35. The highest BCUT2D eigenvalue weighted by atomic mass is 35.5. The fraction of sp³-hybridized carbons (Fsp3) is 0.0714. The van der Waals surface area contributed by atoms with Gasteiger partial charge in [-0.2, -0.15) is 0 Å². The van der Waals surface area contributed by atoms with Gasteiger partial charge >= 0.3 is 6.03 Å². The van der Waals surface area contributed by atoms with Gasteiger partial charge in [0.1, 0.15) is 17.3 Å². The zero-order valence-corrected chi connectivity index (χ0v) is 20.9. The second-order valence-electron chi connectivity index (χ2n) is 7.98. The smallest absolute Gasteiger partial charge is 0.326 e. The van der Waals surface area contributed by atoms with Crippen LogP contribution in [0.1, 0.15) is 21.5 Å². The van der Waals surface area contributed by atoms with E-state index in [0.717, 1.165) is 17.2 Å². The molecule has 0 unspecified atom stereocenters. The molecule has 0 fully saturated rings. The Morgan fingerprint density at radius 3 is 2.31 bits per heavy atom. The van der Waals surface area contributed by atoms with Crippen LogP contribution in [0.25, 0.3) is 11.1 Å². The lowest BCUT2D eigenvalue weighted by atomic mass is 10.0. The summed E-state index contributed by atoms with van der Waals surface area (Å²) >= 11 is 12.6. The third-order valence-corrected chi connectivity index (χ3v) is 6.27. The predicted octanol–water partition coefficient (Wildman–Crippen LogP) is 8.17. The Morgan fingerprint density at radius 1 is 0.889 bits per heavy atom. The average molecular weight is 523 g/mol. The molecule has 4 aromatic carbocycles. The van der Waals surface area contributed by atoms with Crippen LogP contribution >= 0.6 is 23.2 Å². The Labute approximate surface area is 217 Å². The molecule has 2 N–H and O–H groups in total. The normalized spacial score (nSPS) is 10.6. The van der Waals surface area contributed by atoms with Gasteiger partial charge in [-0.15, -0.1) is 0 Å². The van der Waals surface area contributed by atoms with E-state index in [0.29, 0.717) is 33.3 Å². The second-order valence-corrected chi connectivity index (χ2v) is 8.76. The van der Waals surface area contributed by atoms with E-state index in [4.69, 9.17) is 27.9 Å². The van der Waals surface area contributed by atoms with Crippen molar-refractivity contribution in [1.29, 1.82) is 0 Å². The molecule has 0 saturated heterocycles. The molecule has 8 heteroatoms. The summed E-state index contributed by atoms with van der Waals surface area (Å²) in [5, 5.41) is 4.87. The Hall–Kier alpha value is -3.87. The third-order valence-electron chi connectivity index (χ3n) is 5.50. The maximum absolute atomic E-state index is 14.0. The first kappa shape index (κ1) is 25.2. The van der Waals surface area contributed by atoms with Gasteiger partial charge in [0.15, 0.2) is 0 Å². The summed E-state index contributed by atoms with van der Waals surface area (Å²) in [5.41, 5.74) is 3.03. The molecular formula is C28H21Cl2FN2O3.